The zero-order valence-corrected chi connectivity index (χ0v) is 14.1. The van der Waals surface area contributed by atoms with Crippen LogP contribution in [0.25, 0.3) is 0 Å². The van der Waals surface area contributed by atoms with Gasteiger partial charge in [0.2, 0.25) is 0 Å². The fraction of sp³-hybridized carbons (Fsp3) is 0.316. The van der Waals surface area contributed by atoms with Crippen LogP contribution in [0.4, 0.5) is 23.7 Å². The van der Waals surface area contributed by atoms with E-state index in [-0.39, 0.29) is 18.2 Å². The standard InChI is InChI=1S/C19H21F3N2O2/c20-19(21,22)16-7-4-8-17(13-16)24-18(26)23-11-9-15(10-12-25)14-5-2-1-3-6-14/h1-8,13,15,25H,9-12H2,(H2,23,24,26)/t15-/m1/s1. The summed E-state index contributed by atoms with van der Waals surface area (Å²) in [6, 6.07) is 13.5. The number of halogens is 3. The molecule has 3 N–H and O–H groups in total. The topological polar surface area (TPSA) is 61.4 Å². The lowest BCUT2D eigenvalue weighted by molar-refractivity contribution is -0.137. The van der Waals surface area contributed by atoms with E-state index in [1.54, 1.807) is 0 Å². The Labute approximate surface area is 150 Å². The Morgan fingerprint density at radius 1 is 1.04 bits per heavy atom. The van der Waals surface area contributed by atoms with Crippen LogP contribution in [0, 0.1) is 0 Å². The highest BCUT2D eigenvalue weighted by atomic mass is 19.4. The van der Waals surface area contributed by atoms with Gasteiger partial charge >= 0.3 is 12.2 Å². The van der Waals surface area contributed by atoms with Gasteiger partial charge in [-0.2, -0.15) is 13.2 Å². The Bertz CT molecular complexity index is 705. The molecule has 1 atom stereocenters. The molecule has 7 heteroatoms. The van der Waals surface area contributed by atoms with E-state index in [1.807, 2.05) is 30.3 Å². The molecule has 140 valence electrons. The lowest BCUT2D eigenvalue weighted by Crippen LogP contribution is -2.30. The van der Waals surface area contributed by atoms with Crippen molar-refractivity contribution in [1.82, 2.24) is 5.32 Å². The molecule has 4 nitrogen and oxygen atoms in total. The largest absolute Gasteiger partial charge is 0.416 e. The van der Waals surface area contributed by atoms with E-state index in [2.05, 4.69) is 10.6 Å². The number of aliphatic hydroxyl groups is 1. The zero-order valence-electron chi connectivity index (χ0n) is 14.1. The van der Waals surface area contributed by atoms with Gasteiger partial charge in [-0.25, -0.2) is 4.79 Å². The number of hydrogen-bond donors (Lipinski definition) is 3. The SMILES string of the molecule is O=C(NCC[C@H](CCO)c1ccccc1)Nc1cccc(C(F)(F)F)c1. The van der Waals surface area contributed by atoms with Crippen molar-refractivity contribution in [2.45, 2.75) is 24.9 Å². The van der Waals surface area contributed by atoms with Crippen molar-refractivity contribution in [2.24, 2.45) is 0 Å². The van der Waals surface area contributed by atoms with Crippen LogP contribution in [0.1, 0.15) is 29.9 Å². The highest BCUT2D eigenvalue weighted by molar-refractivity contribution is 5.89. The normalized spacial score (nSPS) is 12.5. The van der Waals surface area contributed by atoms with E-state index in [1.165, 1.54) is 12.1 Å². The van der Waals surface area contributed by atoms with Crippen LogP contribution in [-0.2, 0) is 6.18 Å². The van der Waals surface area contributed by atoms with Crippen molar-refractivity contribution in [2.75, 3.05) is 18.5 Å². The first-order valence-electron chi connectivity index (χ1n) is 8.28. The number of amides is 2. The number of alkyl halides is 3. The molecular formula is C19H21F3N2O2. The van der Waals surface area contributed by atoms with Crippen molar-refractivity contribution in [3.8, 4) is 0 Å². The maximum absolute atomic E-state index is 12.7. The van der Waals surface area contributed by atoms with Crippen molar-refractivity contribution < 1.29 is 23.1 Å². The number of carbonyl (C=O) groups is 1. The van der Waals surface area contributed by atoms with E-state index >= 15 is 0 Å². The second-order valence-electron chi connectivity index (χ2n) is 5.87. The summed E-state index contributed by atoms with van der Waals surface area (Å²) in [5.74, 6) is 0.0926. The molecule has 0 bridgehead atoms. The smallest absolute Gasteiger partial charge is 0.396 e. The van der Waals surface area contributed by atoms with E-state index in [9.17, 15) is 23.1 Å². The summed E-state index contributed by atoms with van der Waals surface area (Å²) in [6.07, 6.45) is -3.27. The lowest BCUT2D eigenvalue weighted by atomic mass is 9.93. The maximum Gasteiger partial charge on any atom is 0.416 e. The summed E-state index contributed by atoms with van der Waals surface area (Å²) < 4.78 is 38.0. The fourth-order valence-corrected chi connectivity index (χ4v) is 2.67. The summed E-state index contributed by atoms with van der Waals surface area (Å²) in [6.45, 7) is 0.375. The van der Waals surface area contributed by atoms with Crippen molar-refractivity contribution >= 4 is 11.7 Å². The number of benzene rings is 2. The third kappa shape index (κ3) is 6.07. The number of hydrogen-bond acceptors (Lipinski definition) is 2. The van der Waals surface area contributed by atoms with Crippen molar-refractivity contribution in [3.05, 3.63) is 65.7 Å². The van der Waals surface area contributed by atoms with E-state index < -0.39 is 17.8 Å². The first kappa shape index (κ1) is 19.8. The van der Waals surface area contributed by atoms with Gasteiger partial charge in [0.15, 0.2) is 0 Å². The lowest BCUT2D eigenvalue weighted by Gasteiger charge is -2.17. The number of carbonyl (C=O) groups excluding carboxylic acids is 1. The molecule has 26 heavy (non-hydrogen) atoms. The molecule has 0 saturated heterocycles. The molecule has 0 aliphatic heterocycles. The van der Waals surface area contributed by atoms with Crippen molar-refractivity contribution in [3.63, 3.8) is 0 Å². The summed E-state index contributed by atoms with van der Waals surface area (Å²) in [5.41, 5.74) is 0.330. The Hall–Kier alpha value is -2.54. The molecule has 0 saturated carbocycles. The Balaban J connectivity index is 1.86. The Morgan fingerprint density at radius 2 is 1.77 bits per heavy atom. The third-order valence-corrected chi connectivity index (χ3v) is 3.97. The summed E-state index contributed by atoms with van der Waals surface area (Å²) in [5, 5.41) is 14.2. The number of urea groups is 1. The third-order valence-electron chi connectivity index (χ3n) is 3.97. The van der Waals surface area contributed by atoms with Gasteiger partial charge in [-0.3, -0.25) is 0 Å². The number of aliphatic hydroxyl groups excluding tert-OH is 1. The van der Waals surface area contributed by atoms with Crippen LogP contribution in [0.15, 0.2) is 54.6 Å². The number of nitrogens with one attached hydrogen (secondary N) is 2. The van der Waals surface area contributed by atoms with Crippen molar-refractivity contribution in [1.29, 1.82) is 0 Å². The van der Waals surface area contributed by atoms with E-state index in [4.69, 9.17) is 0 Å². The van der Waals surface area contributed by atoms with Crippen LogP contribution in [0.5, 0.6) is 0 Å². The minimum Gasteiger partial charge on any atom is -0.396 e. The molecule has 0 aromatic heterocycles. The molecule has 0 aliphatic rings. The Kier molecular flexibility index (Phi) is 7.03. The highest BCUT2D eigenvalue weighted by Gasteiger charge is 2.30. The average Bonchev–Trinajstić information content (AvgIpc) is 2.61. The van der Waals surface area contributed by atoms with Crippen LogP contribution in [-0.4, -0.2) is 24.3 Å². The van der Waals surface area contributed by atoms with Gasteiger partial charge in [0.05, 0.1) is 5.56 Å². The molecule has 0 aliphatic carbocycles. The molecule has 0 fully saturated rings. The summed E-state index contributed by atoms with van der Waals surface area (Å²) in [4.78, 5) is 11.9. The van der Waals surface area contributed by atoms with E-state index in [0.29, 0.717) is 19.4 Å². The monoisotopic (exact) mass is 366 g/mol. The minimum atomic E-state index is -4.46. The summed E-state index contributed by atoms with van der Waals surface area (Å²) >= 11 is 0. The second kappa shape index (κ2) is 9.24. The predicted molar refractivity (Wildman–Crippen MR) is 94.0 cm³/mol. The van der Waals surface area contributed by atoms with Gasteiger partial charge in [-0.15, -0.1) is 0 Å². The van der Waals surface area contributed by atoms with Gasteiger partial charge in [0.25, 0.3) is 0 Å². The van der Waals surface area contributed by atoms with Gasteiger partial charge in [-0.05, 0) is 42.5 Å². The molecule has 0 radical (unpaired) electrons. The van der Waals surface area contributed by atoms with Crippen LogP contribution < -0.4 is 10.6 Å². The van der Waals surface area contributed by atoms with Gasteiger partial charge in [-0.1, -0.05) is 36.4 Å². The highest BCUT2D eigenvalue weighted by Crippen LogP contribution is 2.30. The van der Waals surface area contributed by atoms with Gasteiger partial charge in [0, 0.05) is 18.8 Å². The van der Waals surface area contributed by atoms with Gasteiger partial charge < -0.3 is 15.7 Å². The minimum absolute atomic E-state index is 0.0377. The number of rotatable bonds is 7. The molecule has 2 rings (SSSR count). The maximum atomic E-state index is 12.7. The van der Waals surface area contributed by atoms with Crippen LogP contribution in [0.3, 0.4) is 0 Å². The molecular weight excluding hydrogens is 345 g/mol. The van der Waals surface area contributed by atoms with Gasteiger partial charge in [0.1, 0.15) is 0 Å². The predicted octanol–water partition coefficient (Wildman–Crippen LogP) is 4.38. The average molecular weight is 366 g/mol. The number of anilines is 1. The molecule has 2 aromatic carbocycles. The molecule has 2 aromatic rings. The van der Waals surface area contributed by atoms with E-state index in [0.717, 1.165) is 17.7 Å². The zero-order chi connectivity index (χ0) is 19.0. The molecule has 0 spiro atoms. The molecule has 0 unspecified atom stereocenters. The quantitative estimate of drug-likeness (QED) is 0.681. The molecule has 0 heterocycles. The molecule has 2 amide bonds. The fourth-order valence-electron chi connectivity index (χ4n) is 2.67. The Morgan fingerprint density at radius 3 is 2.42 bits per heavy atom. The first-order valence-corrected chi connectivity index (χ1v) is 8.28. The second-order valence-corrected chi connectivity index (χ2v) is 5.87. The van der Waals surface area contributed by atoms with Crippen LogP contribution >= 0.6 is 0 Å². The first-order chi connectivity index (χ1) is 12.4. The summed E-state index contributed by atoms with van der Waals surface area (Å²) in [7, 11) is 0. The van der Waals surface area contributed by atoms with Crippen LogP contribution in [0.2, 0.25) is 0 Å².